The molecule has 2 saturated carbocycles. The molecule has 0 aromatic rings. The number of carbonyl (C=O) groups is 2. The van der Waals surface area contributed by atoms with Crippen LogP contribution in [0.4, 0.5) is 0 Å². The summed E-state index contributed by atoms with van der Waals surface area (Å²) in [6.45, 7) is 0. The highest BCUT2D eigenvalue weighted by Crippen LogP contribution is 2.48. The number of rotatable bonds is 13. The first-order chi connectivity index (χ1) is 14.4. The number of ketones is 1. The Balaban J connectivity index is 1.83. The number of alkyl halides is 1. The quantitative estimate of drug-likeness (QED) is 0.192. The lowest BCUT2D eigenvalue weighted by Gasteiger charge is -2.45. The highest BCUT2D eigenvalue weighted by Gasteiger charge is 2.42. The van der Waals surface area contributed by atoms with Crippen molar-refractivity contribution in [3.05, 3.63) is 24.3 Å². The van der Waals surface area contributed by atoms with Gasteiger partial charge in [-0.05, 0) is 56.8 Å². The minimum Gasteiger partial charge on any atom is -0.469 e. The summed E-state index contributed by atoms with van der Waals surface area (Å²) in [6, 6.07) is 0. The van der Waals surface area contributed by atoms with Crippen LogP contribution < -0.4 is 0 Å². The fourth-order valence-electron chi connectivity index (χ4n) is 4.77. The zero-order valence-electron chi connectivity index (χ0n) is 18.1. The largest absolute Gasteiger partial charge is 0.469 e. The summed E-state index contributed by atoms with van der Waals surface area (Å²) in [5.41, 5.74) is -0.00429. The Morgan fingerprint density at radius 2 is 2.07 bits per heavy atom. The van der Waals surface area contributed by atoms with E-state index in [0.29, 0.717) is 25.1 Å². The monoisotopic (exact) mass is 440 g/mol. The van der Waals surface area contributed by atoms with Crippen molar-refractivity contribution in [2.75, 3.05) is 13.0 Å². The van der Waals surface area contributed by atoms with Gasteiger partial charge in [-0.3, -0.25) is 9.59 Å². The molecule has 170 valence electrons. The third-order valence-electron chi connectivity index (χ3n) is 6.85. The minimum atomic E-state index is -0.655. The van der Waals surface area contributed by atoms with E-state index in [2.05, 4.69) is 4.74 Å². The molecule has 0 heterocycles. The lowest BCUT2D eigenvalue weighted by Crippen LogP contribution is -2.41. The molecule has 0 spiro atoms. The van der Waals surface area contributed by atoms with Gasteiger partial charge in [0.2, 0.25) is 0 Å². The fraction of sp³-hybridized carbons (Fsp3) is 0.750. The van der Waals surface area contributed by atoms with Gasteiger partial charge in [0.05, 0.1) is 19.3 Å². The standard InChI is InChI=1S/C24H37ClO5/c1-30-23(29)12-5-3-2-4-9-18-19(21(27)17-20(18)26)10-6-11-22(28)24(13-7-14-24)15-8-16-25/h2,4,6,10,18-19,21-22,27-28H,3,5,7-9,11-17H2,1H3/t18-,19-,21-,22?/m1/s1. The predicted octanol–water partition coefficient (Wildman–Crippen LogP) is 4.34. The molecule has 2 aliphatic rings. The van der Waals surface area contributed by atoms with Gasteiger partial charge in [0.25, 0.3) is 0 Å². The maximum atomic E-state index is 12.3. The fourth-order valence-corrected chi connectivity index (χ4v) is 4.90. The Kier molecular flexibility index (Phi) is 10.6. The van der Waals surface area contributed by atoms with E-state index in [0.717, 1.165) is 44.9 Å². The maximum Gasteiger partial charge on any atom is 0.305 e. The molecule has 0 aliphatic heterocycles. The number of aliphatic hydroxyl groups is 2. The summed E-state index contributed by atoms with van der Waals surface area (Å²) < 4.78 is 4.62. The van der Waals surface area contributed by atoms with Crippen LogP contribution in [0.3, 0.4) is 0 Å². The molecule has 0 radical (unpaired) electrons. The van der Waals surface area contributed by atoms with Crippen LogP contribution in [-0.2, 0) is 14.3 Å². The van der Waals surface area contributed by atoms with E-state index in [1.165, 1.54) is 7.11 Å². The number of allylic oxidation sites excluding steroid dienone is 2. The number of methoxy groups -OCH3 is 1. The van der Waals surface area contributed by atoms with Crippen LogP contribution in [0.2, 0.25) is 0 Å². The van der Waals surface area contributed by atoms with Gasteiger partial charge in [-0.15, -0.1) is 11.6 Å². The van der Waals surface area contributed by atoms with Crippen LogP contribution in [0.1, 0.15) is 70.6 Å². The van der Waals surface area contributed by atoms with E-state index in [1.54, 1.807) is 0 Å². The lowest BCUT2D eigenvalue weighted by molar-refractivity contribution is -0.140. The molecule has 2 rings (SSSR count). The van der Waals surface area contributed by atoms with Gasteiger partial charge in [-0.1, -0.05) is 30.7 Å². The number of aliphatic hydroxyl groups excluding tert-OH is 2. The zero-order valence-corrected chi connectivity index (χ0v) is 18.9. The van der Waals surface area contributed by atoms with E-state index in [1.807, 2.05) is 24.3 Å². The normalized spacial score (nSPS) is 26.9. The first-order valence-corrected chi connectivity index (χ1v) is 11.8. The summed E-state index contributed by atoms with van der Waals surface area (Å²) >= 11 is 5.84. The predicted molar refractivity (Wildman–Crippen MR) is 118 cm³/mol. The third kappa shape index (κ3) is 6.93. The van der Waals surface area contributed by atoms with Crippen LogP contribution in [0.5, 0.6) is 0 Å². The van der Waals surface area contributed by atoms with E-state index >= 15 is 0 Å². The SMILES string of the molecule is COC(=O)CCCC=CC[C@H]1C(=O)C[C@@H](O)[C@@H]1C=CCC(O)C1(CCCCl)CCC1. The summed E-state index contributed by atoms with van der Waals surface area (Å²) in [4.78, 5) is 23.4. The molecule has 0 bridgehead atoms. The Morgan fingerprint density at radius 1 is 1.30 bits per heavy atom. The Hall–Kier alpha value is -1.17. The van der Waals surface area contributed by atoms with Crippen molar-refractivity contribution in [3.63, 3.8) is 0 Å². The second-order valence-corrected chi connectivity index (χ2v) is 9.16. The molecule has 0 aromatic heterocycles. The van der Waals surface area contributed by atoms with Crippen molar-refractivity contribution >= 4 is 23.4 Å². The molecule has 2 N–H and O–H groups in total. The number of unbranched alkanes of at least 4 members (excludes halogenated alkanes) is 1. The first kappa shape index (κ1) is 25.1. The van der Waals surface area contributed by atoms with Crippen LogP contribution in [-0.4, -0.2) is 47.2 Å². The molecule has 0 saturated heterocycles. The lowest BCUT2D eigenvalue weighted by atomic mass is 9.62. The van der Waals surface area contributed by atoms with E-state index < -0.39 is 12.2 Å². The molecule has 4 atom stereocenters. The number of ether oxygens (including phenoxy) is 1. The second kappa shape index (κ2) is 12.6. The van der Waals surface area contributed by atoms with Gasteiger partial charge in [0, 0.05) is 30.6 Å². The smallest absolute Gasteiger partial charge is 0.305 e. The number of carbonyl (C=O) groups excluding carboxylic acids is 2. The molecular weight excluding hydrogens is 404 g/mol. The van der Waals surface area contributed by atoms with Gasteiger partial charge in [0.15, 0.2) is 0 Å². The molecule has 0 amide bonds. The number of hydrogen-bond acceptors (Lipinski definition) is 5. The second-order valence-electron chi connectivity index (χ2n) is 8.79. The minimum absolute atomic E-state index is 0.00429. The number of hydrogen-bond donors (Lipinski definition) is 2. The van der Waals surface area contributed by atoms with Gasteiger partial charge in [-0.2, -0.15) is 0 Å². The molecule has 2 fully saturated rings. The Bertz CT molecular complexity index is 611. The number of halogens is 1. The average molecular weight is 441 g/mol. The van der Waals surface area contributed by atoms with Crippen molar-refractivity contribution in [3.8, 4) is 0 Å². The molecule has 30 heavy (non-hydrogen) atoms. The summed E-state index contributed by atoms with van der Waals surface area (Å²) in [6.07, 6.45) is 15.1. The van der Waals surface area contributed by atoms with Gasteiger partial charge >= 0.3 is 5.97 Å². The van der Waals surface area contributed by atoms with Crippen molar-refractivity contribution in [2.45, 2.75) is 82.8 Å². The van der Waals surface area contributed by atoms with Crippen molar-refractivity contribution in [1.82, 2.24) is 0 Å². The van der Waals surface area contributed by atoms with E-state index in [4.69, 9.17) is 11.6 Å². The van der Waals surface area contributed by atoms with E-state index in [9.17, 15) is 19.8 Å². The van der Waals surface area contributed by atoms with Crippen LogP contribution >= 0.6 is 11.6 Å². The average Bonchev–Trinajstić information content (AvgIpc) is 2.96. The number of Topliss-reactive ketones (excluding diaryl/α,β-unsaturated/α-hetero) is 1. The summed E-state index contributed by atoms with van der Waals surface area (Å²) in [5, 5.41) is 21.0. The first-order valence-electron chi connectivity index (χ1n) is 11.3. The molecule has 6 heteroatoms. The Labute approximate surface area is 185 Å². The Morgan fingerprint density at radius 3 is 2.70 bits per heavy atom. The summed E-state index contributed by atoms with van der Waals surface area (Å²) in [7, 11) is 1.38. The topological polar surface area (TPSA) is 83.8 Å². The summed E-state index contributed by atoms with van der Waals surface area (Å²) in [5.74, 6) is 0.0768. The van der Waals surface area contributed by atoms with Gasteiger partial charge in [-0.25, -0.2) is 0 Å². The van der Waals surface area contributed by atoms with Crippen LogP contribution in [0, 0.1) is 17.3 Å². The molecule has 5 nitrogen and oxygen atoms in total. The van der Waals surface area contributed by atoms with E-state index in [-0.39, 0.29) is 35.4 Å². The molecular formula is C24H37ClO5. The molecule has 1 unspecified atom stereocenters. The molecule has 0 aromatic carbocycles. The van der Waals surface area contributed by atoms with Crippen molar-refractivity contribution in [1.29, 1.82) is 0 Å². The van der Waals surface area contributed by atoms with Crippen molar-refractivity contribution in [2.24, 2.45) is 17.3 Å². The van der Waals surface area contributed by atoms with Gasteiger partial charge < -0.3 is 14.9 Å². The van der Waals surface area contributed by atoms with Crippen LogP contribution in [0.15, 0.2) is 24.3 Å². The van der Waals surface area contributed by atoms with Crippen molar-refractivity contribution < 1.29 is 24.5 Å². The van der Waals surface area contributed by atoms with Gasteiger partial charge in [0.1, 0.15) is 5.78 Å². The highest BCUT2D eigenvalue weighted by molar-refractivity contribution is 6.17. The number of esters is 1. The zero-order chi connectivity index (χ0) is 22.0. The molecule has 2 aliphatic carbocycles. The third-order valence-corrected chi connectivity index (χ3v) is 7.12. The maximum absolute atomic E-state index is 12.3. The van der Waals surface area contributed by atoms with Crippen LogP contribution in [0.25, 0.3) is 0 Å². The highest BCUT2D eigenvalue weighted by atomic mass is 35.5.